The van der Waals surface area contributed by atoms with Crippen LogP contribution in [0.2, 0.25) is 0 Å². The molecule has 0 aliphatic heterocycles. The van der Waals surface area contributed by atoms with Crippen molar-refractivity contribution in [2.75, 3.05) is 26.2 Å². The molecule has 0 aromatic heterocycles. The molecular weight excluding hydrogens is 513 g/mol. The van der Waals surface area contributed by atoms with E-state index >= 15 is 0 Å². The van der Waals surface area contributed by atoms with E-state index in [4.69, 9.17) is 0 Å². The summed E-state index contributed by atoms with van der Waals surface area (Å²) in [5.74, 6) is 0. The third-order valence-corrected chi connectivity index (χ3v) is 7.59. The van der Waals surface area contributed by atoms with E-state index in [9.17, 15) is 52.3 Å². The molecule has 0 spiro atoms. The van der Waals surface area contributed by atoms with E-state index in [2.05, 4.69) is 27.7 Å². The normalized spacial score (nSPS) is 14.6. The number of quaternary nitrogens is 1. The summed E-state index contributed by atoms with van der Waals surface area (Å²) < 4.78 is 142. The molecule has 0 saturated heterocycles. The van der Waals surface area contributed by atoms with Crippen LogP contribution in [0.3, 0.4) is 0 Å². The number of nitrogens with zero attached hydrogens (tertiary/aromatic N) is 1. The molecule has 0 radical (unpaired) electrons. The van der Waals surface area contributed by atoms with E-state index in [0.717, 1.165) is 0 Å². The van der Waals surface area contributed by atoms with Crippen LogP contribution in [0.5, 0.6) is 0 Å². The Hall–Kier alpha value is -0.450. The van der Waals surface area contributed by atoms with Gasteiger partial charge in [0.05, 0.1) is 26.2 Å². The van der Waals surface area contributed by atoms with E-state index in [1.807, 2.05) is 0 Å². The summed E-state index contributed by atoms with van der Waals surface area (Å²) in [6.07, 6.45) is -3.33. The predicted molar refractivity (Wildman–Crippen MR) is 112 cm³/mol. The van der Waals surface area contributed by atoms with Gasteiger partial charge in [-0.05, 0) is 25.7 Å². The van der Waals surface area contributed by atoms with Crippen LogP contribution in [0.25, 0.3) is 0 Å². The van der Waals surface area contributed by atoms with Gasteiger partial charge in [-0.15, -0.1) is 0 Å². The number of rotatable bonds is 14. The first-order chi connectivity index (χ1) is 15.2. The van der Waals surface area contributed by atoms with Gasteiger partial charge in [-0.25, -0.2) is 0 Å². The van der Waals surface area contributed by atoms with Crippen LogP contribution in [0.4, 0.5) is 52.3 Å². The van der Waals surface area contributed by atoms with Gasteiger partial charge in [0, 0.05) is 0 Å². The Bertz CT molecular complexity index is 481. The molecule has 0 saturated carbocycles. The Labute approximate surface area is 194 Å². The molecule has 0 bridgehead atoms. The zero-order valence-corrected chi connectivity index (χ0v) is 21.0. The first-order valence-electron chi connectivity index (χ1n) is 11.4. The zero-order valence-electron chi connectivity index (χ0n) is 20.0. The van der Waals surface area contributed by atoms with Gasteiger partial charge < -0.3 is 4.48 Å². The second kappa shape index (κ2) is 14.3. The fourth-order valence-corrected chi connectivity index (χ4v) is 4.30. The van der Waals surface area contributed by atoms with E-state index in [1.54, 1.807) is 0 Å². The van der Waals surface area contributed by atoms with Crippen LogP contribution in [0, 0.1) is 0 Å². The molecule has 1 nitrogen and oxygen atoms in total. The van der Waals surface area contributed by atoms with Crippen molar-refractivity contribution in [2.24, 2.45) is 0 Å². The second-order valence-electron chi connectivity index (χ2n) is 8.37. The summed E-state index contributed by atoms with van der Waals surface area (Å²) in [5.41, 5.74) is -14.8. The van der Waals surface area contributed by atoms with Gasteiger partial charge in [0.15, 0.2) is 0 Å². The average Bonchev–Trinajstić information content (AvgIpc) is 2.71. The van der Waals surface area contributed by atoms with Gasteiger partial charge in [-0.1, -0.05) is 53.4 Å². The quantitative estimate of drug-likeness (QED) is 0.115. The summed E-state index contributed by atoms with van der Waals surface area (Å²) in [4.78, 5) is 0. The van der Waals surface area contributed by atoms with E-state index in [0.29, 0.717) is 0 Å². The van der Waals surface area contributed by atoms with Gasteiger partial charge in [-0.2, -0.15) is 0 Å². The molecule has 0 N–H and O–H groups in total. The van der Waals surface area contributed by atoms with Crippen molar-refractivity contribution < 1.29 is 56.8 Å². The van der Waals surface area contributed by atoms with Crippen molar-refractivity contribution >= 4 is 7.88 Å². The second-order valence-corrected chi connectivity index (χ2v) is 10.8. The Morgan fingerprint density at radius 3 is 0.824 bits per heavy atom. The molecule has 0 unspecified atom stereocenters. The van der Waals surface area contributed by atoms with Crippen LogP contribution in [0.15, 0.2) is 0 Å². The fraction of sp³-hybridized carbons (Fsp3) is 1.00. The first-order valence-corrected chi connectivity index (χ1v) is 13.1. The fourth-order valence-electron chi connectivity index (χ4n) is 3.20. The van der Waals surface area contributed by atoms with Crippen molar-refractivity contribution in [3.05, 3.63) is 0 Å². The monoisotopic (exact) mass is 550 g/mol. The first kappa shape index (κ1) is 35.7. The molecule has 0 aromatic carbocycles. The minimum atomic E-state index is -9.35. The Kier molecular flexibility index (Phi) is 15.1. The number of halogens is 12. The Morgan fingerprint density at radius 1 is 0.471 bits per heavy atom. The van der Waals surface area contributed by atoms with Crippen molar-refractivity contribution in [3.63, 3.8) is 0 Å². The number of unbranched alkanes of at least 4 members (excludes halogenated alkanes) is 4. The molecule has 0 fully saturated rings. The molecule has 0 rings (SSSR count). The SMILES string of the molecule is CCCC[N+](CCCC)(CCCC)CCCC.FC(F)(F)C(F)(F)[PH](F)(F)C(F)(F)C(F)(F)F. The number of hydrogen-bond acceptors (Lipinski definition) is 0. The molecule has 0 aliphatic carbocycles. The molecule has 0 aromatic rings. The van der Waals surface area contributed by atoms with Gasteiger partial charge in [0.25, 0.3) is 0 Å². The zero-order chi connectivity index (χ0) is 27.5. The third-order valence-electron chi connectivity index (χ3n) is 5.44. The molecule has 14 heteroatoms. The maximum atomic E-state index is 12.2. The number of alkyl halides is 10. The predicted octanol–water partition coefficient (Wildman–Crippen LogP) is 9.82. The molecule has 0 aliphatic rings. The van der Waals surface area contributed by atoms with Gasteiger partial charge >= 0.3 is 83.9 Å². The molecule has 0 heterocycles. The molecule has 0 atom stereocenters. The van der Waals surface area contributed by atoms with E-state index < -0.39 is 31.6 Å². The van der Waals surface area contributed by atoms with Crippen molar-refractivity contribution in [1.82, 2.24) is 0 Å². The summed E-state index contributed by atoms with van der Waals surface area (Å²) in [6.45, 7) is 15.0. The number of hydrogen-bond donors (Lipinski definition) is 0. The molecule has 210 valence electrons. The molecule has 34 heavy (non-hydrogen) atoms. The standard InChI is InChI=1S/C16H36N.C4HF12P/c1-5-9-13-17(14-10-6-2,15-11-7-3)16-12-8-4;5-1(6,7)3(11,12)17(15,16)4(13,14)2(8,9)10/h5-16H2,1-4H3;17H/q+1;. The maximum absolute atomic E-state index is 12.2. The van der Waals surface area contributed by atoms with E-state index in [-0.39, 0.29) is 0 Å². The Morgan fingerprint density at radius 2 is 0.676 bits per heavy atom. The van der Waals surface area contributed by atoms with E-state index in [1.165, 1.54) is 82.0 Å². The van der Waals surface area contributed by atoms with Crippen LogP contribution < -0.4 is 0 Å². The summed E-state index contributed by atoms with van der Waals surface area (Å²) >= 11 is 0. The average molecular weight is 550 g/mol. The van der Waals surface area contributed by atoms with Crippen molar-refractivity contribution in [3.8, 4) is 0 Å². The van der Waals surface area contributed by atoms with Gasteiger partial charge in [0.1, 0.15) is 0 Å². The summed E-state index contributed by atoms with van der Waals surface area (Å²) in [7, 11) is -9.35. The third kappa shape index (κ3) is 9.54. The van der Waals surface area contributed by atoms with Crippen LogP contribution in [0.1, 0.15) is 79.1 Å². The Balaban J connectivity index is 0. The topological polar surface area (TPSA) is 0 Å². The summed E-state index contributed by atoms with van der Waals surface area (Å²) in [5, 5.41) is 0. The van der Waals surface area contributed by atoms with Crippen molar-refractivity contribution in [2.45, 2.75) is 103 Å². The van der Waals surface area contributed by atoms with Gasteiger partial charge in [0.2, 0.25) is 0 Å². The molecule has 0 amide bonds. The summed E-state index contributed by atoms with van der Waals surface area (Å²) in [6, 6.07) is 0. The molecular formula is C20H37F12NP+. The van der Waals surface area contributed by atoms with Crippen molar-refractivity contribution in [1.29, 1.82) is 0 Å². The van der Waals surface area contributed by atoms with Crippen LogP contribution >= 0.6 is 7.88 Å². The minimum absolute atomic E-state index is 1.35. The van der Waals surface area contributed by atoms with Crippen LogP contribution in [-0.4, -0.2) is 54.3 Å². The van der Waals surface area contributed by atoms with Gasteiger partial charge in [-0.3, -0.25) is 0 Å². The van der Waals surface area contributed by atoms with Crippen LogP contribution in [-0.2, 0) is 0 Å².